The lowest BCUT2D eigenvalue weighted by molar-refractivity contribution is -0.123. The fourth-order valence-electron chi connectivity index (χ4n) is 3.35. The normalized spacial score (nSPS) is 28.7. The van der Waals surface area contributed by atoms with Crippen molar-refractivity contribution in [3.05, 3.63) is 12.2 Å². The van der Waals surface area contributed by atoms with E-state index in [2.05, 4.69) is 12.2 Å². The predicted molar refractivity (Wildman–Crippen MR) is 92.4 cm³/mol. The molecule has 2 atom stereocenters. The quantitative estimate of drug-likeness (QED) is 0.555. The molecule has 0 amide bonds. The fourth-order valence-corrected chi connectivity index (χ4v) is 3.35. The van der Waals surface area contributed by atoms with Gasteiger partial charge in [0.15, 0.2) is 0 Å². The lowest BCUT2D eigenvalue weighted by Crippen LogP contribution is -2.16. The molecule has 1 aliphatic carbocycles. The van der Waals surface area contributed by atoms with E-state index >= 15 is 0 Å². The zero-order valence-electron chi connectivity index (χ0n) is 14.4. The number of ketones is 2. The van der Waals surface area contributed by atoms with Crippen molar-refractivity contribution in [2.75, 3.05) is 6.61 Å². The van der Waals surface area contributed by atoms with Gasteiger partial charge >= 0.3 is 0 Å². The lowest BCUT2D eigenvalue weighted by Gasteiger charge is -2.14. The Hall–Kier alpha value is -0.960. The van der Waals surface area contributed by atoms with Gasteiger partial charge in [-0.1, -0.05) is 25.0 Å². The van der Waals surface area contributed by atoms with Gasteiger partial charge in [0.1, 0.15) is 11.6 Å². The minimum Gasteiger partial charge on any atom is -0.373 e. The summed E-state index contributed by atoms with van der Waals surface area (Å²) in [7, 11) is 0. The average molecular weight is 320 g/mol. The molecule has 1 heterocycles. The first kappa shape index (κ1) is 18.4. The number of carbonyl (C=O) groups excluding carboxylic acids is 2. The molecule has 130 valence electrons. The van der Waals surface area contributed by atoms with E-state index < -0.39 is 0 Å². The third kappa shape index (κ3) is 8.45. The molecule has 1 fully saturated rings. The Morgan fingerprint density at radius 2 is 1.61 bits per heavy atom. The van der Waals surface area contributed by atoms with Gasteiger partial charge in [-0.2, -0.15) is 0 Å². The zero-order valence-corrected chi connectivity index (χ0v) is 14.4. The fraction of sp³-hybridized carbons (Fsp3) is 0.800. The maximum Gasteiger partial charge on any atom is 0.136 e. The van der Waals surface area contributed by atoms with Crippen molar-refractivity contribution in [1.82, 2.24) is 0 Å². The van der Waals surface area contributed by atoms with E-state index in [0.717, 1.165) is 58.0 Å². The van der Waals surface area contributed by atoms with E-state index in [1.54, 1.807) is 0 Å². The zero-order chi connectivity index (χ0) is 16.3. The van der Waals surface area contributed by atoms with Crippen LogP contribution in [0.25, 0.3) is 0 Å². The molecule has 1 saturated heterocycles. The van der Waals surface area contributed by atoms with Crippen molar-refractivity contribution < 1.29 is 14.3 Å². The Labute approximate surface area is 140 Å². The molecule has 3 heteroatoms. The highest BCUT2D eigenvalue weighted by atomic mass is 16.6. The van der Waals surface area contributed by atoms with E-state index in [-0.39, 0.29) is 5.92 Å². The number of ether oxygens (including phenoxy) is 1. The topological polar surface area (TPSA) is 46.7 Å². The van der Waals surface area contributed by atoms with Crippen LogP contribution >= 0.6 is 0 Å². The molecule has 2 aliphatic rings. The second kappa shape index (κ2) is 10.7. The molecule has 0 spiro atoms. The number of carbonyl (C=O) groups is 2. The van der Waals surface area contributed by atoms with Crippen molar-refractivity contribution in [1.29, 1.82) is 0 Å². The minimum atomic E-state index is 0.159. The summed E-state index contributed by atoms with van der Waals surface area (Å²) in [5.41, 5.74) is 0. The van der Waals surface area contributed by atoms with Gasteiger partial charge < -0.3 is 4.74 Å². The van der Waals surface area contributed by atoms with Gasteiger partial charge in [-0.25, -0.2) is 0 Å². The molecule has 23 heavy (non-hydrogen) atoms. The van der Waals surface area contributed by atoms with Crippen molar-refractivity contribution in [2.24, 2.45) is 5.92 Å². The highest BCUT2D eigenvalue weighted by Gasteiger charge is 2.25. The monoisotopic (exact) mass is 320 g/mol. The average Bonchev–Trinajstić information content (AvgIpc) is 3.35. The summed E-state index contributed by atoms with van der Waals surface area (Å²) < 4.78 is 5.27. The van der Waals surface area contributed by atoms with E-state index in [1.165, 1.54) is 12.8 Å². The van der Waals surface area contributed by atoms with E-state index in [9.17, 15) is 9.59 Å². The van der Waals surface area contributed by atoms with Crippen molar-refractivity contribution >= 4 is 11.6 Å². The number of rotatable bonds is 3. The number of hydrogen-bond acceptors (Lipinski definition) is 3. The van der Waals surface area contributed by atoms with Gasteiger partial charge in [0.2, 0.25) is 0 Å². The molecular formula is C20H32O3. The molecular weight excluding hydrogens is 288 g/mol. The smallest absolute Gasteiger partial charge is 0.136 e. The van der Waals surface area contributed by atoms with Gasteiger partial charge in [-0.3, -0.25) is 9.59 Å². The number of allylic oxidation sites excluding steroid dienone is 2. The van der Waals surface area contributed by atoms with Gasteiger partial charge in [0, 0.05) is 25.2 Å². The van der Waals surface area contributed by atoms with Gasteiger partial charge in [-0.15, -0.1) is 0 Å². The van der Waals surface area contributed by atoms with Crippen LogP contribution in [-0.2, 0) is 14.3 Å². The Balaban J connectivity index is 1.82. The minimum absolute atomic E-state index is 0.159. The largest absolute Gasteiger partial charge is 0.373 e. The molecule has 0 bridgehead atoms. The molecule has 0 radical (unpaired) electrons. The van der Waals surface area contributed by atoms with Crippen LogP contribution in [0.4, 0.5) is 0 Å². The maximum atomic E-state index is 12.5. The van der Waals surface area contributed by atoms with E-state index in [0.29, 0.717) is 36.9 Å². The summed E-state index contributed by atoms with van der Waals surface area (Å²) in [6.07, 6.45) is 17.2. The standard InChI is InChI=1S/C20H32O3/c21-18-11-8-6-4-2-1-3-5-7-10-17(14-15-19-16-23-19)20(22)13-9-12-18/h3,5,17,19H,1-2,4,6-16H2. The molecule has 2 rings (SSSR count). The first-order valence-corrected chi connectivity index (χ1v) is 9.56. The second-order valence-electron chi connectivity index (χ2n) is 7.09. The van der Waals surface area contributed by atoms with Crippen molar-refractivity contribution in [2.45, 2.75) is 89.6 Å². The van der Waals surface area contributed by atoms with Crippen LogP contribution < -0.4 is 0 Å². The molecule has 0 saturated carbocycles. The summed E-state index contributed by atoms with van der Waals surface area (Å²) in [6, 6.07) is 0. The van der Waals surface area contributed by atoms with Crippen LogP contribution in [0.1, 0.15) is 83.5 Å². The Morgan fingerprint density at radius 1 is 0.870 bits per heavy atom. The SMILES string of the molecule is O=C1CCCCCCC=CCCC(CCC2CO2)C(=O)CCC1. The first-order chi connectivity index (χ1) is 11.3. The third-order valence-electron chi connectivity index (χ3n) is 5.00. The third-order valence-corrected chi connectivity index (χ3v) is 5.00. The Morgan fingerprint density at radius 3 is 2.43 bits per heavy atom. The summed E-state index contributed by atoms with van der Waals surface area (Å²) in [5.74, 6) is 0.860. The first-order valence-electron chi connectivity index (χ1n) is 9.56. The van der Waals surface area contributed by atoms with Gasteiger partial charge in [-0.05, 0) is 51.4 Å². The Kier molecular flexibility index (Phi) is 8.59. The summed E-state index contributed by atoms with van der Waals surface area (Å²) in [4.78, 5) is 24.3. The molecule has 0 aromatic carbocycles. The summed E-state index contributed by atoms with van der Waals surface area (Å²) >= 11 is 0. The van der Waals surface area contributed by atoms with Crippen LogP contribution in [0.3, 0.4) is 0 Å². The van der Waals surface area contributed by atoms with Crippen molar-refractivity contribution in [3.8, 4) is 0 Å². The number of Topliss-reactive ketones (excluding diaryl/α,β-unsaturated/α-hetero) is 2. The highest BCUT2D eigenvalue weighted by Crippen LogP contribution is 2.24. The molecule has 0 aromatic rings. The number of epoxide rings is 1. The highest BCUT2D eigenvalue weighted by molar-refractivity contribution is 5.82. The number of hydrogen-bond donors (Lipinski definition) is 0. The van der Waals surface area contributed by atoms with Gasteiger partial charge in [0.05, 0.1) is 12.7 Å². The van der Waals surface area contributed by atoms with Gasteiger partial charge in [0.25, 0.3) is 0 Å². The predicted octanol–water partition coefficient (Wildman–Crippen LogP) is 4.78. The molecule has 3 nitrogen and oxygen atoms in total. The molecule has 2 unspecified atom stereocenters. The van der Waals surface area contributed by atoms with Crippen LogP contribution in [-0.4, -0.2) is 24.3 Å². The van der Waals surface area contributed by atoms with E-state index in [4.69, 9.17) is 4.74 Å². The van der Waals surface area contributed by atoms with Crippen LogP contribution in [0.5, 0.6) is 0 Å². The van der Waals surface area contributed by atoms with Crippen LogP contribution in [0, 0.1) is 5.92 Å². The van der Waals surface area contributed by atoms with E-state index in [1.807, 2.05) is 0 Å². The second-order valence-corrected chi connectivity index (χ2v) is 7.09. The van der Waals surface area contributed by atoms with Crippen LogP contribution in [0.15, 0.2) is 12.2 Å². The molecule has 1 aliphatic heterocycles. The Bertz CT molecular complexity index is 396. The molecule has 0 N–H and O–H groups in total. The maximum absolute atomic E-state index is 12.5. The summed E-state index contributed by atoms with van der Waals surface area (Å²) in [5, 5.41) is 0. The summed E-state index contributed by atoms with van der Waals surface area (Å²) in [6.45, 7) is 0.870. The van der Waals surface area contributed by atoms with Crippen LogP contribution in [0.2, 0.25) is 0 Å². The molecule has 0 aromatic heterocycles. The lowest BCUT2D eigenvalue weighted by atomic mass is 9.89. The van der Waals surface area contributed by atoms with Crippen molar-refractivity contribution in [3.63, 3.8) is 0 Å².